The minimum atomic E-state index is 0.217. The lowest BCUT2D eigenvalue weighted by Gasteiger charge is -2.27. The zero-order valence-electron chi connectivity index (χ0n) is 13.1. The van der Waals surface area contributed by atoms with Crippen molar-refractivity contribution in [2.75, 3.05) is 13.7 Å². The maximum atomic E-state index is 6.10. The van der Waals surface area contributed by atoms with E-state index in [1.807, 2.05) is 0 Å². The Hall–Kier alpha value is -1.06. The molecular weight excluding hydrogens is 250 g/mol. The standard InChI is InChI=1S/C17H27NO2/c1-5-10-18-17(16-9-7-13(3)20-16)14-11-12(2)6-8-15(14)19-4/h6,8,11,13,16-18H,5,7,9-10H2,1-4H3. The van der Waals surface area contributed by atoms with E-state index in [0.717, 1.165) is 31.6 Å². The highest BCUT2D eigenvalue weighted by Gasteiger charge is 2.31. The summed E-state index contributed by atoms with van der Waals surface area (Å²) in [6, 6.07) is 6.59. The second-order valence-corrected chi connectivity index (χ2v) is 5.74. The van der Waals surface area contributed by atoms with Crippen LogP contribution in [0.15, 0.2) is 18.2 Å². The van der Waals surface area contributed by atoms with E-state index in [1.165, 1.54) is 11.1 Å². The van der Waals surface area contributed by atoms with Crippen LogP contribution in [0.3, 0.4) is 0 Å². The lowest BCUT2D eigenvalue weighted by Crippen LogP contribution is -2.33. The van der Waals surface area contributed by atoms with Gasteiger partial charge in [0.1, 0.15) is 5.75 Å². The predicted molar refractivity (Wildman–Crippen MR) is 82.3 cm³/mol. The van der Waals surface area contributed by atoms with Crippen LogP contribution in [-0.4, -0.2) is 25.9 Å². The van der Waals surface area contributed by atoms with Gasteiger partial charge in [-0.3, -0.25) is 0 Å². The number of hydrogen-bond acceptors (Lipinski definition) is 3. The number of rotatable bonds is 6. The van der Waals surface area contributed by atoms with E-state index in [0.29, 0.717) is 6.10 Å². The quantitative estimate of drug-likeness (QED) is 0.861. The van der Waals surface area contributed by atoms with E-state index < -0.39 is 0 Å². The average molecular weight is 277 g/mol. The molecule has 3 unspecified atom stereocenters. The molecule has 3 atom stereocenters. The lowest BCUT2D eigenvalue weighted by molar-refractivity contribution is 0.0311. The van der Waals surface area contributed by atoms with E-state index in [-0.39, 0.29) is 12.1 Å². The number of methoxy groups -OCH3 is 1. The van der Waals surface area contributed by atoms with Crippen molar-refractivity contribution < 1.29 is 9.47 Å². The molecule has 1 saturated heterocycles. The Bertz CT molecular complexity index is 433. The molecular formula is C17H27NO2. The third-order valence-electron chi connectivity index (χ3n) is 3.97. The first-order chi connectivity index (χ1) is 9.65. The van der Waals surface area contributed by atoms with Crippen molar-refractivity contribution in [2.24, 2.45) is 0 Å². The molecule has 0 spiro atoms. The zero-order chi connectivity index (χ0) is 14.5. The van der Waals surface area contributed by atoms with Crippen LogP contribution in [0.1, 0.15) is 50.3 Å². The Labute approximate surface area is 122 Å². The van der Waals surface area contributed by atoms with Crippen LogP contribution in [0.25, 0.3) is 0 Å². The highest BCUT2D eigenvalue weighted by atomic mass is 16.5. The van der Waals surface area contributed by atoms with E-state index in [2.05, 4.69) is 44.3 Å². The molecule has 1 aliphatic heterocycles. The number of benzene rings is 1. The summed E-state index contributed by atoms with van der Waals surface area (Å²) in [7, 11) is 1.74. The molecule has 1 fully saturated rings. The summed E-state index contributed by atoms with van der Waals surface area (Å²) in [6.45, 7) is 7.47. The van der Waals surface area contributed by atoms with Gasteiger partial charge in [0.15, 0.2) is 0 Å². The molecule has 0 aromatic heterocycles. The number of aryl methyl sites for hydroxylation is 1. The molecule has 0 saturated carbocycles. The summed E-state index contributed by atoms with van der Waals surface area (Å²) in [6.07, 6.45) is 3.98. The van der Waals surface area contributed by atoms with Crippen molar-refractivity contribution in [1.29, 1.82) is 0 Å². The normalized spacial score (nSPS) is 23.8. The number of ether oxygens (including phenoxy) is 2. The zero-order valence-corrected chi connectivity index (χ0v) is 13.1. The fraction of sp³-hybridized carbons (Fsp3) is 0.647. The van der Waals surface area contributed by atoms with Crippen LogP contribution in [0.2, 0.25) is 0 Å². The molecule has 0 radical (unpaired) electrons. The van der Waals surface area contributed by atoms with Crippen LogP contribution in [0.4, 0.5) is 0 Å². The van der Waals surface area contributed by atoms with Crippen molar-refractivity contribution in [3.05, 3.63) is 29.3 Å². The highest BCUT2D eigenvalue weighted by molar-refractivity contribution is 5.40. The van der Waals surface area contributed by atoms with Gasteiger partial charge in [-0.15, -0.1) is 0 Å². The van der Waals surface area contributed by atoms with E-state index in [4.69, 9.17) is 9.47 Å². The second-order valence-electron chi connectivity index (χ2n) is 5.74. The van der Waals surface area contributed by atoms with Gasteiger partial charge in [0.2, 0.25) is 0 Å². The molecule has 2 rings (SSSR count). The van der Waals surface area contributed by atoms with Crippen LogP contribution >= 0.6 is 0 Å². The molecule has 0 bridgehead atoms. The maximum absolute atomic E-state index is 6.10. The Morgan fingerprint density at radius 2 is 2.20 bits per heavy atom. The fourth-order valence-electron chi connectivity index (χ4n) is 2.92. The minimum absolute atomic E-state index is 0.217. The summed E-state index contributed by atoms with van der Waals surface area (Å²) in [5, 5.41) is 3.65. The highest BCUT2D eigenvalue weighted by Crippen LogP contribution is 2.35. The summed E-state index contributed by atoms with van der Waals surface area (Å²) in [4.78, 5) is 0. The Kier molecular flexibility index (Phi) is 5.44. The molecule has 3 nitrogen and oxygen atoms in total. The van der Waals surface area contributed by atoms with Crippen molar-refractivity contribution in [3.8, 4) is 5.75 Å². The van der Waals surface area contributed by atoms with Gasteiger partial charge >= 0.3 is 0 Å². The van der Waals surface area contributed by atoms with Crippen molar-refractivity contribution in [2.45, 2.75) is 58.3 Å². The van der Waals surface area contributed by atoms with Gasteiger partial charge in [0, 0.05) is 5.56 Å². The molecule has 3 heteroatoms. The molecule has 1 N–H and O–H groups in total. The van der Waals surface area contributed by atoms with Crippen molar-refractivity contribution in [1.82, 2.24) is 5.32 Å². The summed E-state index contributed by atoms with van der Waals surface area (Å²) < 4.78 is 11.6. The minimum Gasteiger partial charge on any atom is -0.496 e. The SMILES string of the molecule is CCCNC(c1cc(C)ccc1OC)C1CCC(C)O1. The molecule has 1 heterocycles. The first-order valence-corrected chi connectivity index (χ1v) is 7.69. The molecule has 1 aromatic rings. The van der Waals surface area contributed by atoms with Gasteiger partial charge in [-0.2, -0.15) is 0 Å². The van der Waals surface area contributed by atoms with E-state index >= 15 is 0 Å². The monoisotopic (exact) mass is 277 g/mol. The first kappa shape index (κ1) is 15.3. The summed E-state index contributed by atoms with van der Waals surface area (Å²) in [5.41, 5.74) is 2.48. The van der Waals surface area contributed by atoms with Crippen molar-refractivity contribution >= 4 is 0 Å². The number of nitrogens with one attached hydrogen (secondary N) is 1. The van der Waals surface area contributed by atoms with Crippen LogP contribution in [0.5, 0.6) is 5.75 Å². The largest absolute Gasteiger partial charge is 0.496 e. The average Bonchev–Trinajstić information content (AvgIpc) is 2.86. The Morgan fingerprint density at radius 1 is 1.40 bits per heavy atom. The van der Waals surface area contributed by atoms with Crippen LogP contribution in [-0.2, 0) is 4.74 Å². The molecule has 0 amide bonds. The van der Waals surface area contributed by atoms with Gasteiger partial charge in [-0.25, -0.2) is 0 Å². The molecule has 0 aliphatic carbocycles. The Balaban J connectivity index is 2.27. The van der Waals surface area contributed by atoms with Gasteiger partial charge in [0.05, 0.1) is 25.4 Å². The van der Waals surface area contributed by atoms with Crippen molar-refractivity contribution in [3.63, 3.8) is 0 Å². The smallest absolute Gasteiger partial charge is 0.123 e. The fourth-order valence-corrected chi connectivity index (χ4v) is 2.92. The third-order valence-corrected chi connectivity index (χ3v) is 3.97. The molecule has 112 valence electrons. The van der Waals surface area contributed by atoms with Gasteiger partial charge in [0.25, 0.3) is 0 Å². The van der Waals surface area contributed by atoms with Gasteiger partial charge in [-0.05, 0) is 45.7 Å². The van der Waals surface area contributed by atoms with Crippen LogP contribution < -0.4 is 10.1 Å². The molecule has 1 aromatic carbocycles. The lowest BCUT2D eigenvalue weighted by atomic mass is 9.96. The summed E-state index contributed by atoms with van der Waals surface area (Å²) in [5.74, 6) is 0.951. The van der Waals surface area contributed by atoms with Gasteiger partial charge < -0.3 is 14.8 Å². The second kappa shape index (κ2) is 7.09. The third kappa shape index (κ3) is 3.53. The van der Waals surface area contributed by atoms with Gasteiger partial charge in [-0.1, -0.05) is 24.6 Å². The van der Waals surface area contributed by atoms with Crippen LogP contribution in [0, 0.1) is 6.92 Å². The van der Waals surface area contributed by atoms with E-state index in [9.17, 15) is 0 Å². The predicted octanol–water partition coefficient (Wildman–Crippen LogP) is 3.61. The maximum Gasteiger partial charge on any atom is 0.123 e. The number of hydrogen-bond donors (Lipinski definition) is 1. The topological polar surface area (TPSA) is 30.5 Å². The Morgan fingerprint density at radius 3 is 2.80 bits per heavy atom. The van der Waals surface area contributed by atoms with E-state index in [1.54, 1.807) is 7.11 Å². The summed E-state index contributed by atoms with van der Waals surface area (Å²) >= 11 is 0. The molecule has 1 aliphatic rings. The molecule has 20 heavy (non-hydrogen) atoms. The first-order valence-electron chi connectivity index (χ1n) is 7.69.